The van der Waals surface area contributed by atoms with Crippen molar-refractivity contribution < 1.29 is 17.9 Å². The van der Waals surface area contributed by atoms with Gasteiger partial charge in [-0.3, -0.25) is 0 Å². The molecular formula is C8H4F3NO. The number of benzene rings is 1. The van der Waals surface area contributed by atoms with Crippen LogP contribution >= 0.6 is 0 Å². The van der Waals surface area contributed by atoms with E-state index >= 15 is 0 Å². The molecule has 1 aromatic rings. The zero-order valence-corrected chi connectivity index (χ0v) is 6.30. The van der Waals surface area contributed by atoms with Crippen LogP contribution in [0.4, 0.5) is 13.2 Å². The lowest BCUT2D eigenvalue weighted by Crippen LogP contribution is -2.04. The lowest BCUT2D eigenvalue weighted by atomic mass is 10.2. The van der Waals surface area contributed by atoms with Gasteiger partial charge in [0.1, 0.15) is 23.2 Å². The third-order valence-electron chi connectivity index (χ3n) is 1.30. The topological polar surface area (TPSA) is 33.0 Å². The van der Waals surface area contributed by atoms with E-state index in [1.165, 1.54) is 12.1 Å². The number of hydrogen-bond acceptors (Lipinski definition) is 2. The third kappa shape index (κ3) is 2.12. The minimum atomic E-state index is -3.06. The maximum atomic E-state index is 12.8. The molecule has 0 aliphatic carbocycles. The van der Waals surface area contributed by atoms with E-state index < -0.39 is 23.7 Å². The van der Waals surface area contributed by atoms with E-state index in [0.717, 1.165) is 12.1 Å². The standard InChI is InChI=1S/C8H4F3NO/c9-6-2-1-3-7(5(6)4-12)13-8(10)11/h1-3,8H. The van der Waals surface area contributed by atoms with Crippen molar-refractivity contribution in [1.29, 1.82) is 5.26 Å². The third-order valence-corrected chi connectivity index (χ3v) is 1.30. The first kappa shape index (κ1) is 9.39. The Morgan fingerprint density at radius 3 is 2.62 bits per heavy atom. The smallest absolute Gasteiger partial charge is 0.387 e. The first-order chi connectivity index (χ1) is 6.15. The van der Waals surface area contributed by atoms with Crippen LogP contribution in [-0.4, -0.2) is 6.61 Å². The minimum absolute atomic E-state index is 0.447. The van der Waals surface area contributed by atoms with Crippen LogP contribution in [0.2, 0.25) is 0 Å². The highest BCUT2D eigenvalue weighted by atomic mass is 19.3. The van der Waals surface area contributed by atoms with Gasteiger partial charge in [-0.25, -0.2) is 4.39 Å². The van der Waals surface area contributed by atoms with Gasteiger partial charge in [-0.15, -0.1) is 0 Å². The Morgan fingerprint density at radius 1 is 1.38 bits per heavy atom. The molecule has 0 aliphatic rings. The molecule has 1 aromatic carbocycles. The van der Waals surface area contributed by atoms with Crippen molar-refractivity contribution in [2.75, 3.05) is 0 Å². The van der Waals surface area contributed by atoms with Crippen LogP contribution in [0.25, 0.3) is 0 Å². The average Bonchev–Trinajstić information content (AvgIpc) is 2.03. The number of ether oxygens (including phenoxy) is 1. The summed E-state index contributed by atoms with van der Waals surface area (Å²) in [5, 5.41) is 8.40. The van der Waals surface area contributed by atoms with Gasteiger partial charge < -0.3 is 4.74 Å². The van der Waals surface area contributed by atoms with Crippen molar-refractivity contribution in [1.82, 2.24) is 0 Å². The molecule has 0 amide bonds. The summed E-state index contributed by atoms with van der Waals surface area (Å²) in [7, 11) is 0. The van der Waals surface area contributed by atoms with E-state index in [1.54, 1.807) is 0 Å². The Labute approximate surface area is 72.2 Å². The van der Waals surface area contributed by atoms with Gasteiger partial charge in [-0.1, -0.05) is 6.07 Å². The molecule has 5 heteroatoms. The largest absolute Gasteiger partial charge is 0.433 e. The van der Waals surface area contributed by atoms with E-state index in [0.29, 0.717) is 0 Å². The molecular weight excluding hydrogens is 183 g/mol. The second-order valence-corrected chi connectivity index (χ2v) is 2.10. The highest BCUT2D eigenvalue weighted by Crippen LogP contribution is 2.21. The quantitative estimate of drug-likeness (QED) is 0.711. The molecule has 0 N–H and O–H groups in total. The first-order valence-corrected chi connectivity index (χ1v) is 3.28. The van der Waals surface area contributed by atoms with Crippen LogP contribution in [0.3, 0.4) is 0 Å². The Morgan fingerprint density at radius 2 is 2.08 bits per heavy atom. The van der Waals surface area contributed by atoms with Crippen molar-refractivity contribution in [3.63, 3.8) is 0 Å². The monoisotopic (exact) mass is 187 g/mol. The summed E-state index contributed by atoms with van der Waals surface area (Å²) in [5.74, 6) is -1.32. The number of alkyl halides is 2. The second-order valence-electron chi connectivity index (χ2n) is 2.10. The second kappa shape index (κ2) is 3.81. The Balaban J connectivity index is 3.07. The molecule has 0 spiro atoms. The number of halogens is 3. The average molecular weight is 187 g/mol. The van der Waals surface area contributed by atoms with Gasteiger partial charge in [0.2, 0.25) is 0 Å². The molecule has 0 saturated carbocycles. The molecule has 0 unspecified atom stereocenters. The summed E-state index contributed by atoms with van der Waals surface area (Å²) in [4.78, 5) is 0. The molecule has 0 aromatic heterocycles. The van der Waals surface area contributed by atoms with Crippen LogP contribution in [-0.2, 0) is 0 Å². The van der Waals surface area contributed by atoms with Crippen molar-refractivity contribution in [3.8, 4) is 11.8 Å². The van der Waals surface area contributed by atoms with Crippen LogP contribution in [0, 0.1) is 17.1 Å². The zero-order chi connectivity index (χ0) is 9.84. The SMILES string of the molecule is N#Cc1c(F)cccc1OC(F)F. The number of rotatable bonds is 2. The van der Waals surface area contributed by atoms with Crippen molar-refractivity contribution in [2.45, 2.75) is 6.61 Å². The molecule has 0 radical (unpaired) electrons. The van der Waals surface area contributed by atoms with E-state index in [2.05, 4.69) is 4.74 Å². The molecule has 0 aliphatic heterocycles. The molecule has 13 heavy (non-hydrogen) atoms. The molecule has 2 nitrogen and oxygen atoms in total. The summed E-state index contributed by atoms with van der Waals surface area (Å²) in [6, 6.07) is 4.73. The molecule has 0 saturated heterocycles. The lowest BCUT2D eigenvalue weighted by Gasteiger charge is -2.05. The fraction of sp³-hybridized carbons (Fsp3) is 0.125. The van der Waals surface area contributed by atoms with Crippen LogP contribution in [0.5, 0.6) is 5.75 Å². The highest BCUT2D eigenvalue weighted by Gasteiger charge is 2.12. The zero-order valence-electron chi connectivity index (χ0n) is 6.30. The number of hydrogen-bond donors (Lipinski definition) is 0. The van der Waals surface area contributed by atoms with Gasteiger partial charge in [-0.2, -0.15) is 14.0 Å². The van der Waals surface area contributed by atoms with Crippen molar-refractivity contribution >= 4 is 0 Å². The number of nitrogens with zero attached hydrogens (tertiary/aromatic N) is 1. The first-order valence-electron chi connectivity index (χ1n) is 3.28. The predicted molar refractivity (Wildman–Crippen MR) is 37.7 cm³/mol. The van der Waals surface area contributed by atoms with Gasteiger partial charge in [0.05, 0.1) is 0 Å². The van der Waals surface area contributed by atoms with Crippen molar-refractivity contribution in [2.24, 2.45) is 0 Å². The summed E-state index contributed by atoms with van der Waals surface area (Å²) in [6.07, 6.45) is 0. The van der Waals surface area contributed by atoms with Gasteiger partial charge in [0.15, 0.2) is 0 Å². The van der Waals surface area contributed by atoms with Crippen LogP contribution in [0.15, 0.2) is 18.2 Å². The minimum Gasteiger partial charge on any atom is -0.433 e. The fourth-order valence-electron chi connectivity index (χ4n) is 0.807. The molecule has 68 valence electrons. The lowest BCUT2D eigenvalue weighted by molar-refractivity contribution is -0.0501. The summed E-state index contributed by atoms with van der Waals surface area (Å²) < 4.78 is 40.1. The Hall–Kier alpha value is -1.70. The summed E-state index contributed by atoms with van der Waals surface area (Å²) >= 11 is 0. The molecule has 0 heterocycles. The predicted octanol–water partition coefficient (Wildman–Crippen LogP) is 2.30. The van der Waals surface area contributed by atoms with Gasteiger partial charge in [0, 0.05) is 0 Å². The summed E-state index contributed by atoms with van der Waals surface area (Å²) in [5.41, 5.74) is -0.511. The van der Waals surface area contributed by atoms with Gasteiger partial charge >= 0.3 is 6.61 Å². The fourth-order valence-corrected chi connectivity index (χ4v) is 0.807. The summed E-state index contributed by atoms with van der Waals surface area (Å²) in [6.45, 7) is -3.06. The maximum absolute atomic E-state index is 12.8. The molecule has 1 rings (SSSR count). The van der Waals surface area contributed by atoms with E-state index in [9.17, 15) is 13.2 Å². The molecule has 0 bridgehead atoms. The van der Waals surface area contributed by atoms with E-state index in [1.807, 2.05) is 0 Å². The van der Waals surface area contributed by atoms with Crippen molar-refractivity contribution in [3.05, 3.63) is 29.6 Å². The van der Waals surface area contributed by atoms with Crippen LogP contribution in [0.1, 0.15) is 5.56 Å². The Kier molecular flexibility index (Phi) is 2.75. The highest BCUT2D eigenvalue weighted by molar-refractivity contribution is 5.43. The molecule has 0 atom stereocenters. The van der Waals surface area contributed by atoms with Crippen LogP contribution < -0.4 is 4.74 Å². The van der Waals surface area contributed by atoms with Gasteiger partial charge in [-0.05, 0) is 12.1 Å². The van der Waals surface area contributed by atoms with Gasteiger partial charge in [0.25, 0.3) is 0 Å². The maximum Gasteiger partial charge on any atom is 0.387 e. The number of nitriles is 1. The van der Waals surface area contributed by atoms with E-state index in [4.69, 9.17) is 5.26 Å². The normalized spacial score (nSPS) is 9.77. The molecule has 0 fully saturated rings. The van der Waals surface area contributed by atoms with E-state index in [-0.39, 0.29) is 0 Å². The Bertz CT molecular complexity index is 346.